The van der Waals surface area contributed by atoms with Gasteiger partial charge in [0.05, 0.1) is 6.61 Å². The Morgan fingerprint density at radius 2 is 2.26 bits per heavy atom. The van der Waals surface area contributed by atoms with Crippen molar-refractivity contribution < 1.29 is 4.74 Å². The summed E-state index contributed by atoms with van der Waals surface area (Å²) in [4.78, 5) is 2.50. The van der Waals surface area contributed by atoms with Crippen molar-refractivity contribution in [1.82, 2.24) is 5.32 Å². The number of hydrogen-bond donors (Lipinski definition) is 1. The predicted molar refractivity (Wildman–Crippen MR) is 80.6 cm³/mol. The number of nitrogens with zero attached hydrogens (tertiary/aromatic N) is 1. The first kappa shape index (κ1) is 14.4. The lowest BCUT2D eigenvalue weighted by atomic mass is 9.93. The highest BCUT2D eigenvalue weighted by Gasteiger charge is 2.25. The van der Waals surface area contributed by atoms with Crippen molar-refractivity contribution in [3.63, 3.8) is 0 Å². The van der Waals surface area contributed by atoms with Crippen LogP contribution in [0.3, 0.4) is 0 Å². The Labute approximate surface area is 116 Å². The first-order chi connectivity index (χ1) is 9.24. The van der Waals surface area contributed by atoms with Crippen LogP contribution in [0.25, 0.3) is 0 Å². The molecule has 0 aliphatic carbocycles. The molecule has 19 heavy (non-hydrogen) atoms. The molecule has 1 N–H and O–H groups in total. The van der Waals surface area contributed by atoms with Crippen molar-refractivity contribution in [2.75, 3.05) is 31.6 Å². The van der Waals surface area contributed by atoms with Crippen LogP contribution in [-0.2, 0) is 11.3 Å². The second-order valence-corrected chi connectivity index (χ2v) is 5.48. The fourth-order valence-electron chi connectivity index (χ4n) is 2.96. The van der Waals surface area contributed by atoms with E-state index in [1.807, 2.05) is 0 Å². The highest BCUT2D eigenvalue weighted by atomic mass is 16.5. The zero-order chi connectivity index (χ0) is 13.7. The van der Waals surface area contributed by atoms with Crippen molar-refractivity contribution in [2.45, 2.75) is 32.9 Å². The summed E-state index contributed by atoms with van der Waals surface area (Å²) in [7, 11) is 1.75. The van der Waals surface area contributed by atoms with Crippen LogP contribution in [-0.4, -0.2) is 32.8 Å². The summed E-state index contributed by atoms with van der Waals surface area (Å²) in [6.07, 6.45) is 1.23. The molecule has 106 valence electrons. The Balaban J connectivity index is 2.01. The molecule has 1 aromatic rings. The number of ether oxygens (including phenoxy) is 1. The second kappa shape index (κ2) is 6.92. The van der Waals surface area contributed by atoms with Crippen LogP contribution in [0.2, 0.25) is 0 Å². The minimum atomic E-state index is 0.670. The maximum atomic E-state index is 5.21. The molecule has 1 aliphatic heterocycles. The Morgan fingerprint density at radius 3 is 2.95 bits per heavy atom. The van der Waals surface area contributed by atoms with Crippen molar-refractivity contribution in [3.8, 4) is 0 Å². The van der Waals surface area contributed by atoms with Crippen molar-refractivity contribution >= 4 is 5.69 Å². The van der Waals surface area contributed by atoms with E-state index in [-0.39, 0.29) is 0 Å². The largest absolute Gasteiger partial charge is 0.380 e. The van der Waals surface area contributed by atoms with E-state index in [1.54, 1.807) is 7.11 Å². The molecule has 2 unspecified atom stereocenters. The Hall–Kier alpha value is -1.06. The highest BCUT2D eigenvalue weighted by molar-refractivity contribution is 5.49. The zero-order valence-corrected chi connectivity index (χ0v) is 12.4. The van der Waals surface area contributed by atoms with Crippen molar-refractivity contribution in [1.29, 1.82) is 0 Å². The van der Waals surface area contributed by atoms with Crippen LogP contribution >= 0.6 is 0 Å². The molecular formula is C16H26N2O. The average Bonchev–Trinajstić information content (AvgIpc) is 2.42. The Morgan fingerprint density at radius 1 is 1.42 bits per heavy atom. The van der Waals surface area contributed by atoms with Gasteiger partial charge in [0.1, 0.15) is 0 Å². The second-order valence-electron chi connectivity index (χ2n) is 5.48. The van der Waals surface area contributed by atoms with E-state index in [2.05, 4.69) is 48.3 Å². The Kier molecular flexibility index (Phi) is 5.23. The number of benzene rings is 1. The van der Waals surface area contributed by atoms with Gasteiger partial charge in [0.15, 0.2) is 0 Å². The normalized spacial score (nSPS) is 23.6. The highest BCUT2D eigenvalue weighted by Crippen LogP contribution is 2.24. The average molecular weight is 262 g/mol. The predicted octanol–water partition coefficient (Wildman–Crippen LogP) is 2.66. The third-order valence-corrected chi connectivity index (χ3v) is 3.96. The minimum Gasteiger partial charge on any atom is -0.380 e. The number of methoxy groups -OCH3 is 1. The van der Waals surface area contributed by atoms with Gasteiger partial charge in [0.2, 0.25) is 0 Å². The molecule has 0 amide bonds. The summed E-state index contributed by atoms with van der Waals surface area (Å²) in [5.41, 5.74) is 2.58. The summed E-state index contributed by atoms with van der Waals surface area (Å²) in [6, 6.07) is 9.39. The number of hydrogen-bond acceptors (Lipinski definition) is 3. The quantitative estimate of drug-likeness (QED) is 0.883. The van der Waals surface area contributed by atoms with Gasteiger partial charge in [-0.15, -0.1) is 0 Å². The smallest absolute Gasteiger partial charge is 0.0713 e. The standard InChI is InChI=1S/C16H26N2O/c1-4-17-16-8-9-18(11-13(16)2)15-7-5-6-14(10-15)12-19-3/h5-7,10,13,16-17H,4,8-9,11-12H2,1-3H3. The molecule has 0 radical (unpaired) electrons. The topological polar surface area (TPSA) is 24.5 Å². The SMILES string of the molecule is CCNC1CCN(c2cccc(COC)c2)CC1C. The maximum Gasteiger partial charge on any atom is 0.0713 e. The van der Waals surface area contributed by atoms with E-state index in [4.69, 9.17) is 4.74 Å². The zero-order valence-electron chi connectivity index (χ0n) is 12.4. The van der Waals surface area contributed by atoms with E-state index in [9.17, 15) is 0 Å². The summed E-state index contributed by atoms with van der Waals surface area (Å²) in [5, 5.41) is 3.59. The van der Waals surface area contributed by atoms with Gasteiger partial charge in [-0.2, -0.15) is 0 Å². The van der Waals surface area contributed by atoms with E-state index in [1.165, 1.54) is 17.7 Å². The molecule has 0 aromatic heterocycles. The lowest BCUT2D eigenvalue weighted by Crippen LogP contribution is -2.48. The maximum absolute atomic E-state index is 5.21. The molecule has 0 spiro atoms. The van der Waals surface area contributed by atoms with E-state index >= 15 is 0 Å². The summed E-state index contributed by atoms with van der Waals surface area (Å²) in [5.74, 6) is 0.694. The van der Waals surface area contributed by atoms with Gasteiger partial charge in [-0.1, -0.05) is 26.0 Å². The number of nitrogens with one attached hydrogen (secondary N) is 1. The van der Waals surface area contributed by atoms with Crippen LogP contribution in [0.1, 0.15) is 25.8 Å². The fraction of sp³-hybridized carbons (Fsp3) is 0.625. The molecule has 3 nitrogen and oxygen atoms in total. The molecule has 1 aliphatic rings. The summed E-state index contributed by atoms with van der Waals surface area (Å²) < 4.78 is 5.21. The van der Waals surface area contributed by atoms with Crippen molar-refractivity contribution in [2.24, 2.45) is 5.92 Å². The van der Waals surface area contributed by atoms with Gasteiger partial charge in [0, 0.05) is 31.9 Å². The summed E-state index contributed by atoms with van der Waals surface area (Å²) in [6.45, 7) is 8.56. The molecule has 2 rings (SSSR count). The van der Waals surface area contributed by atoms with Crippen LogP contribution in [0, 0.1) is 5.92 Å². The van der Waals surface area contributed by atoms with Crippen LogP contribution in [0.4, 0.5) is 5.69 Å². The number of rotatable bonds is 5. The summed E-state index contributed by atoms with van der Waals surface area (Å²) >= 11 is 0. The lowest BCUT2D eigenvalue weighted by Gasteiger charge is -2.38. The van der Waals surface area contributed by atoms with Gasteiger partial charge >= 0.3 is 0 Å². The molecule has 2 atom stereocenters. The third-order valence-electron chi connectivity index (χ3n) is 3.96. The molecule has 1 fully saturated rings. The van der Waals surface area contributed by atoms with E-state index < -0.39 is 0 Å². The molecule has 1 heterocycles. The van der Waals surface area contributed by atoms with Gasteiger partial charge in [-0.05, 0) is 36.6 Å². The van der Waals surface area contributed by atoms with Crippen LogP contribution < -0.4 is 10.2 Å². The van der Waals surface area contributed by atoms with Gasteiger partial charge < -0.3 is 15.0 Å². The molecule has 0 bridgehead atoms. The molecule has 1 saturated heterocycles. The van der Waals surface area contributed by atoms with Gasteiger partial charge in [0.25, 0.3) is 0 Å². The molecular weight excluding hydrogens is 236 g/mol. The molecule has 0 saturated carbocycles. The first-order valence-corrected chi connectivity index (χ1v) is 7.30. The van der Waals surface area contributed by atoms with Crippen LogP contribution in [0.5, 0.6) is 0 Å². The lowest BCUT2D eigenvalue weighted by molar-refractivity contribution is 0.185. The van der Waals surface area contributed by atoms with E-state index in [0.717, 1.165) is 19.6 Å². The number of anilines is 1. The monoisotopic (exact) mass is 262 g/mol. The van der Waals surface area contributed by atoms with Crippen molar-refractivity contribution in [3.05, 3.63) is 29.8 Å². The van der Waals surface area contributed by atoms with Crippen LogP contribution in [0.15, 0.2) is 24.3 Å². The molecule has 1 aromatic carbocycles. The van der Waals surface area contributed by atoms with E-state index in [0.29, 0.717) is 18.6 Å². The first-order valence-electron chi connectivity index (χ1n) is 7.30. The Bertz CT molecular complexity index is 394. The number of piperidine rings is 1. The van der Waals surface area contributed by atoms with Gasteiger partial charge in [-0.25, -0.2) is 0 Å². The third kappa shape index (κ3) is 3.71. The minimum absolute atomic E-state index is 0.670. The van der Waals surface area contributed by atoms with Gasteiger partial charge in [-0.3, -0.25) is 0 Å². The fourth-order valence-corrected chi connectivity index (χ4v) is 2.96. The molecule has 3 heteroatoms.